The number of carbonyl (C=O) groups is 3. The van der Waals surface area contributed by atoms with Crippen LogP contribution < -0.4 is 4.90 Å². The highest BCUT2D eigenvalue weighted by Crippen LogP contribution is 2.24. The number of likely N-dealkylation sites (tertiary alicyclic amines) is 1. The van der Waals surface area contributed by atoms with E-state index in [-0.39, 0.29) is 30.2 Å². The van der Waals surface area contributed by atoms with Crippen molar-refractivity contribution in [1.29, 1.82) is 5.26 Å². The van der Waals surface area contributed by atoms with Crippen LogP contribution in [0.1, 0.15) is 25.3 Å². The molecule has 0 aliphatic carbocycles. The van der Waals surface area contributed by atoms with Gasteiger partial charge >= 0.3 is 0 Å². The van der Waals surface area contributed by atoms with E-state index in [1.54, 1.807) is 45.9 Å². The number of nitriles is 1. The predicted octanol–water partition coefficient (Wildman–Crippen LogP) is 0.992. The number of anilines is 1. The Morgan fingerprint density at radius 2 is 1.77 bits per heavy atom. The summed E-state index contributed by atoms with van der Waals surface area (Å²) in [5.41, 5.74) is 1.05. The molecule has 2 aliphatic rings. The summed E-state index contributed by atoms with van der Waals surface area (Å²) >= 11 is 0. The minimum absolute atomic E-state index is 0.00484. The maximum absolute atomic E-state index is 12.7. The molecular formula is C19H22N4O3. The Morgan fingerprint density at radius 1 is 1.08 bits per heavy atom. The third-order valence-corrected chi connectivity index (χ3v) is 5.14. The van der Waals surface area contributed by atoms with Crippen LogP contribution in [0.5, 0.6) is 0 Å². The van der Waals surface area contributed by atoms with Crippen molar-refractivity contribution in [3.05, 3.63) is 29.8 Å². The van der Waals surface area contributed by atoms with Crippen molar-refractivity contribution in [3.8, 4) is 6.07 Å². The lowest BCUT2D eigenvalue weighted by molar-refractivity contribution is -0.143. The van der Waals surface area contributed by atoms with Gasteiger partial charge in [0.05, 0.1) is 11.3 Å². The van der Waals surface area contributed by atoms with E-state index < -0.39 is 0 Å². The molecule has 136 valence electrons. The monoisotopic (exact) mass is 354 g/mol. The number of hydrogen-bond acceptors (Lipinski definition) is 4. The lowest BCUT2D eigenvalue weighted by Gasteiger charge is -2.38. The van der Waals surface area contributed by atoms with Crippen LogP contribution in [-0.4, -0.2) is 60.2 Å². The first-order chi connectivity index (χ1) is 12.5. The van der Waals surface area contributed by atoms with E-state index in [1.165, 1.54) is 0 Å². The van der Waals surface area contributed by atoms with Gasteiger partial charge in [-0.05, 0) is 25.0 Å². The molecule has 0 saturated carbocycles. The van der Waals surface area contributed by atoms with Crippen molar-refractivity contribution < 1.29 is 14.4 Å². The highest BCUT2D eigenvalue weighted by molar-refractivity contribution is 5.99. The molecule has 3 amide bonds. The second-order valence-corrected chi connectivity index (χ2v) is 6.71. The molecule has 2 saturated heterocycles. The first-order valence-corrected chi connectivity index (χ1v) is 8.85. The Morgan fingerprint density at radius 3 is 2.38 bits per heavy atom. The average Bonchev–Trinajstić information content (AvgIpc) is 2.67. The van der Waals surface area contributed by atoms with Crippen molar-refractivity contribution >= 4 is 23.4 Å². The Kier molecular flexibility index (Phi) is 5.21. The highest BCUT2D eigenvalue weighted by atomic mass is 16.2. The average molecular weight is 354 g/mol. The summed E-state index contributed by atoms with van der Waals surface area (Å²) in [4.78, 5) is 41.7. The molecule has 2 aliphatic heterocycles. The fourth-order valence-corrected chi connectivity index (χ4v) is 3.62. The van der Waals surface area contributed by atoms with Gasteiger partial charge in [-0.2, -0.15) is 5.26 Å². The lowest BCUT2D eigenvalue weighted by atomic mass is 9.95. The van der Waals surface area contributed by atoms with Crippen LogP contribution in [-0.2, 0) is 14.4 Å². The molecule has 2 heterocycles. The summed E-state index contributed by atoms with van der Waals surface area (Å²) in [6, 6.07) is 9.10. The van der Waals surface area contributed by atoms with Gasteiger partial charge in [0.25, 0.3) is 0 Å². The van der Waals surface area contributed by atoms with Gasteiger partial charge < -0.3 is 14.7 Å². The van der Waals surface area contributed by atoms with Gasteiger partial charge in [0, 0.05) is 39.0 Å². The summed E-state index contributed by atoms with van der Waals surface area (Å²) in [6.45, 7) is 3.60. The van der Waals surface area contributed by atoms with Gasteiger partial charge in [-0.15, -0.1) is 0 Å². The quantitative estimate of drug-likeness (QED) is 0.793. The molecular weight excluding hydrogens is 332 g/mol. The zero-order valence-corrected chi connectivity index (χ0v) is 14.9. The van der Waals surface area contributed by atoms with Gasteiger partial charge in [-0.3, -0.25) is 14.4 Å². The van der Waals surface area contributed by atoms with Crippen molar-refractivity contribution in [2.45, 2.75) is 19.8 Å². The fraction of sp³-hybridized carbons (Fsp3) is 0.474. The Hall–Kier alpha value is -2.88. The third kappa shape index (κ3) is 3.54. The number of piperazine rings is 1. The van der Waals surface area contributed by atoms with Crippen LogP contribution in [0.15, 0.2) is 24.3 Å². The van der Waals surface area contributed by atoms with Crippen LogP contribution in [0.3, 0.4) is 0 Å². The number of nitrogens with zero attached hydrogens (tertiary/aromatic N) is 4. The van der Waals surface area contributed by atoms with Crippen molar-refractivity contribution in [1.82, 2.24) is 9.80 Å². The van der Waals surface area contributed by atoms with Gasteiger partial charge in [-0.1, -0.05) is 12.1 Å². The molecule has 3 rings (SSSR count). The van der Waals surface area contributed by atoms with Gasteiger partial charge in [-0.25, -0.2) is 0 Å². The molecule has 26 heavy (non-hydrogen) atoms. The first-order valence-electron chi connectivity index (χ1n) is 8.85. The highest BCUT2D eigenvalue weighted by Gasteiger charge is 2.34. The molecule has 0 unspecified atom stereocenters. The maximum Gasteiger partial charge on any atom is 0.246 e. The smallest absolute Gasteiger partial charge is 0.246 e. The Bertz CT molecular complexity index is 762. The SMILES string of the molecule is CC(=O)N1CCC(C(=O)N2CCN(c3ccccc3C#N)C(=O)C2)CC1. The number of piperidine rings is 1. The summed E-state index contributed by atoms with van der Waals surface area (Å²) in [7, 11) is 0. The molecule has 0 radical (unpaired) electrons. The van der Waals surface area contributed by atoms with E-state index in [0.29, 0.717) is 50.3 Å². The van der Waals surface area contributed by atoms with Crippen molar-refractivity contribution in [2.75, 3.05) is 37.6 Å². The number of hydrogen-bond donors (Lipinski definition) is 0. The summed E-state index contributed by atoms with van der Waals surface area (Å²) in [6.07, 6.45) is 1.29. The van der Waals surface area contributed by atoms with Crippen molar-refractivity contribution in [3.63, 3.8) is 0 Å². The topological polar surface area (TPSA) is 84.7 Å². The van der Waals surface area contributed by atoms with Gasteiger partial charge in [0.2, 0.25) is 17.7 Å². The zero-order valence-electron chi connectivity index (χ0n) is 14.9. The third-order valence-electron chi connectivity index (χ3n) is 5.14. The van der Waals surface area contributed by atoms with Crippen LogP contribution in [0.25, 0.3) is 0 Å². The Labute approximate surface area is 152 Å². The second-order valence-electron chi connectivity index (χ2n) is 6.71. The first kappa shape index (κ1) is 17.9. The molecule has 0 bridgehead atoms. The van der Waals surface area contributed by atoms with Crippen LogP contribution in [0, 0.1) is 17.2 Å². The molecule has 7 heteroatoms. The molecule has 2 fully saturated rings. The minimum atomic E-state index is -0.173. The normalized spacial score (nSPS) is 18.6. The number of carbonyl (C=O) groups excluding carboxylic acids is 3. The zero-order chi connectivity index (χ0) is 18.7. The van der Waals surface area contributed by atoms with E-state index in [4.69, 9.17) is 0 Å². The number of amides is 3. The second kappa shape index (κ2) is 7.56. The van der Waals surface area contributed by atoms with E-state index >= 15 is 0 Å². The molecule has 0 aromatic heterocycles. The molecule has 0 spiro atoms. The van der Waals surface area contributed by atoms with Gasteiger partial charge in [0.1, 0.15) is 12.6 Å². The van der Waals surface area contributed by atoms with Crippen molar-refractivity contribution in [2.24, 2.45) is 5.92 Å². The molecule has 1 aromatic rings. The minimum Gasteiger partial charge on any atom is -0.343 e. The summed E-state index contributed by atoms with van der Waals surface area (Å²) < 4.78 is 0. The van der Waals surface area contributed by atoms with E-state index in [1.807, 2.05) is 0 Å². The van der Waals surface area contributed by atoms with E-state index in [2.05, 4.69) is 6.07 Å². The number of benzene rings is 1. The maximum atomic E-state index is 12.7. The fourth-order valence-electron chi connectivity index (χ4n) is 3.62. The predicted molar refractivity (Wildman–Crippen MR) is 95.1 cm³/mol. The molecule has 1 aromatic carbocycles. The summed E-state index contributed by atoms with van der Waals surface area (Å²) in [5, 5.41) is 9.23. The number of rotatable bonds is 2. The van der Waals surface area contributed by atoms with Crippen LogP contribution in [0.4, 0.5) is 5.69 Å². The van der Waals surface area contributed by atoms with Gasteiger partial charge in [0.15, 0.2) is 0 Å². The standard InChI is InChI=1S/C19H22N4O3/c1-14(24)21-8-6-15(7-9-21)19(26)22-10-11-23(18(25)13-22)17-5-3-2-4-16(17)12-20/h2-5,15H,6-11,13H2,1H3. The van der Waals surface area contributed by atoms with E-state index in [9.17, 15) is 19.6 Å². The van der Waals surface area contributed by atoms with Crippen LogP contribution in [0.2, 0.25) is 0 Å². The summed E-state index contributed by atoms with van der Waals surface area (Å²) in [5.74, 6) is -0.268. The Balaban J connectivity index is 1.62. The molecule has 0 N–H and O–H groups in total. The lowest BCUT2D eigenvalue weighted by Crippen LogP contribution is -2.54. The largest absolute Gasteiger partial charge is 0.343 e. The molecule has 0 atom stereocenters. The molecule has 7 nitrogen and oxygen atoms in total. The van der Waals surface area contributed by atoms with Crippen LogP contribution >= 0.6 is 0 Å². The number of para-hydroxylation sites is 1. The van der Waals surface area contributed by atoms with E-state index in [0.717, 1.165) is 0 Å².